The first kappa shape index (κ1) is 16.3. The van der Waals surface area contributed by atoms with Crippen LogP contribution in [0, 0.1) is 5.92 Å². The molecule has 0 aliphatic heterocycles. The minimum atomic E-state index is -3.54. The molecule has 0 saturated heterocycles. The first-order valence-electron chi connectivity index (χ1n) is 7.43. The summed E-state index contributed by atoms with van der Waals surface area (Å²) in [6.45, 7) is 0.834. The van der Waals surface area contributed by atoms with Gasteiger partial charge in [-0.3, -0.25) is 0 Å². The highest BCUT2D eigenvalue weighted by Crippen LogP contribution is 2.28. The van der Waals surface area contributed by atoms with Crippen molar-refractivity contribution in [3.05, 3.63) is 23.8 Å². The molecule has 2 rings (SSSR count). The van der Waals surface area contributed by atoms with Crippen molar-refractivity contribution < 1.29 is 13.2 Å². The van der Waals surface area contributed by atoms with Crippen LogP contribution in [0.15, 0.2) is 23.1 Å². The van der Waals surface area contributed by atoms with Crippen LogP contribution >= 0.6 is 0 Å². The Balaban J connectivity index is 2.04. The van der Waals surface area contributed by atoms with Crippen molar-refractivity contribution in [2.75, 3.05) is 13.7 Å². The van der Waals surface area contributed by atoms with Crippen LogP contribution in [0.5, 0.6) is 5.75 Å². The molecule has 5 nitrogen and oxygen atoms in total. The van der Waals surface area contributed by atoms with Crippen molar-refractivity contribution >= 4 is 10.0 Å². The molecule has 6 heteroatoms. The number of nitrogens with one attached hydrogen (secondary N) is 1. The number of methoxy groups -OCH3 is 1. The SMILES string of the molecule is COc1cc(CN)ccc1S(=O)(=O)NCCC1CCCC1. The Morgan fingerprint density at radius 2 is 2.05 bits per heavy atom. The lowest BCUT2D eigenvalue weighted by molar-refractivity contribution is 0.401. The Hall–Kier alpha value is -1.11. The van der Waals surface area contributed by atoms with E-state index in [9.17, 15) is 8.42 Å². The molecular formula is C15H24N2O3S. The van der Waals surface area contributed by atoms with Crippen molar-refractivity contribution in [3.63, 3.8) is 0 Å². The van der Waals surface area contributed by atoms with Crippen LogP contribution in [0.4, 0.5) is 0 Å². The predicted molar refractivity (Wildman–Crippen MR) is 82.6 cm³/mol. The average molecular weight is 312 g/mol. The molecule has 0 spiro atoms. The minimum absolute atomic E-state index is 0.175. The molecule has 1 aromatic carbocycles. The van der Waals surface area contributed by atoms with E-state index < -0.39 is 10.0 Å². The van der Waals surface area contributed by atoms with Gasteiger partial charge in [-0.2, -0.15) is 0 Å². The van der Waals surface area contributed by atoms with Crippen LogP contribution in [0.3, 0.4) is 0 Å². The fourth-order valence-corrected chi connectivity index (χ4v) is 4.03. The van der Waals surface area contributed by atoms with Crippen LogP contribution in [0.2, 0.25) is 0 Å². The number of rotatable bonds is 7. The maximum atomic E-state index is 12.4. The van der Waals surface area contributed by atoms with Gasteiger partial charge in [0.15, 0.2) is 0 Å². The lowest BCUT2D eigenvalue weighted by Crippen LogP contribution is -2.26. The summed E-state index contributed by atoms with van der Waals surface area (Å²) in [5.74, 6) is 1.00. The molecule has 0 heterocycles. The molecule has 0 amide bonds. The van der Waals surface area contributed by atoms with Crippen molar-refractivity contribution in [1.29, 1.82) is 0 Å². The molecule has 0 unspecified atom stereocenters. The van der Waals surface area contributed by atoms with E-state index in [1.807, 2.05) is 0 Å². The van der Waals surface area contributed by atoms with E-state index in [2.05, 4.69) is 4.72 Å². The van der Waals surface area contributed by atoms with Gasteiger partial charge in [0.05, 0.1) is 7.11 Å². The molecule has 0 atom stereocenters. The van der Waals surface area contributed by atoms with Gasteiger partial charge in [-0.15, -0.1) is 0 Å². The van der Waals surface area contributed by atoms with Gasteiger partial charge in [0.25, 0.3) is 0 Å². The first-order chi connectivity index (χ1) is 10.1. The van der Waals surface area contributed by atoms with Gasteiger partial charge in [-0.1, -0.05) is 31.7 Å². The Kier molecular flexibility index (Phi) is 5.61. The highest BCUT2D eigenvalue weighted by Gasteiger charge is 2.21. The van der Waals surface area contributed by atoms with Crippen molar-refractivity contribution in [1.82, 2.24) is 4.72 Å². The average Bonchev–Trinajstić information content (AvgIpc) is 2.99. The second-order valence-corrected chi connectivity index (χ2v) is 7.26. The number of ether oxygens (including phenoxy) is 1. The number of benzene rings is 1. The predicted octanol–water partition coefficient (Wildman–Crippen LogP) is 2.01. The Labute approximate surface area is 126 Å². The summed E-state index contributed by atoms with van der Waals surface area (Å²) in [6.07, 6.45) is 5.88. The van der Waals surface area contributed by atoms with Crippen LogP contribution in [-0.2, 0) is 16.6 Å². The van der Waals surface area contributed by atoms with Gasteiger partial charge in [0.2, 0.25) is 10.0 Å². The Morgan fingerprint density at radius 1 is 1.33 bits per heavy atom. The minimum Gasteiger partial charge on any atom is -0.495 e. The van der Waals surface area contributed by atoms with Crippen LogP contribution < -0.4 is 15.2 Å². The van der Waals surface area contributed by atoms with Crippen molar-refractivity contribution in [3.8, 4) is 5.75 Å². The molecule has 3 N–H and O–H groups in total. The Morgan fingerprint density at radius 3 is 2.67 bits per heavy atom. The highest BCUT2D eigenvalue weighted by atomic mass is 32.2. The first-order valence-corrected chi connectivity index (χ1v) is 8.92. The molecular weight excluding hydrogens is 288 g/mol. The van der Waals surface area contributed by atoms with Crippen LogP contribution in [-0.4, -0.2) is 22.1 Å². The maximum absolute atomic E-state index is 12.4. The summed E-state index contributed by atoms with van der Waals surface area (Å²) in [6, 6.07) is 4.94. The number of hydrogen-bond donors (Lipinski definition) is 2. The van der Waals surface area contributed by atoms with Crippen LogP contribution in [0.25, 0.3) is 0 Å². The van der Waals surface area contributed by atoms with E-state index in [1.54, 1.807) is 18.2 Å². The summed E-state index contributed by atoms with van der Waals surface area (Å²) < 4.78 is 32.6. The zero-order valence-corrected chi connectivity index (χ0v) is 13.3. The van der Waals surface area contributed by atoms with E-state index in [4.69, 9.17) is 10.5 Å². The number of sulfonamides is 1. The summed E-state index contributed by atoms with van der Waals surface area (Å²) >= 11 is 0. The van der Waals surface area contributed by atoms with Crippen molar-refractivity contribution in [2.45, 2.75) is 43.5 Å². The molecule has 0 aromatic heterocycles. The van der Waals surface area contributed by atoms with E-state index in [0.29, 0.717) is 24.8 Å². The largest absolute Gasteiger partial charge is 0.495 e. The zero-order chi connectivity index (χ0) is 15.3. The summed E-state index contributed by atoms with van der Waals surface area (Å²) in [4.78, 5) is 0.175. The second-order valence-electron chi connectivity index (χ2n) is 5.53. The van der Waals surface area contributed by atoms with Gasteiger partial charge in [-0.05, 0) is 30.0 Å². The lowest BCUT2D eigenvalue weighted by atomic mass is 10.1. The van der Waals surface area contributed by atoms with Crippen LogP contribution in [0.1, 0.15) is 37.7 Å². The van der Waals surface area contributed by atoms with Gasteiger partial charge in [0, 0.05) is 13.1 Å². The summed E-state index contributed by atoms with van der Waals surface area (Å²) in [7, 11) is -2.07. The number of hydrogen-bond acceptors (Lipinski definition) is 4. The molecule has 0 bridgehead atoms. The van der Waals surface area contributed by atoms with Gasteiger partial charge < -0.3 is 10.5 Å². The smallest absolute Gasteiger partial charge is 0.244 e. The molecule has 1 aliphatic rings. The monoisotopic (exact) mass is 312 g/mol. The maximum Gasteiger partial charge on any atom is 0.244 e. The van der Waals surface area contributed by atoms with E-state index in [0.717, 1.165) is 12.0 Å². The fourth-order valence-electron chi connectivity index (χ4n) is 2.84. The molecule has 0 radical (unpaired) electrons. The second kappa shape index (κ2) is 7.24. The molecule has 1 aliphatic carbocycles. The molecule has 1 saturated carbocycles. The summed E-state index contributed by atoms with van der Waals surface area (Å²) in [5, 5.41) is 0. The third-order valence-electron chi connectivity index (χ3n) is 4.07. The molecule has 1 aromatic rings. The Bertz CT molecular complexity index is 566. The van der Waals surface area contributed by atoms with E-state index in [1.165, 1.54) is 32.8 Å². The third-order valence-corrected chi connectivity index (χ3v) is 5.57. The third kappa shape index (κ3) is 4.18. The lowest BCUT2D eigenvalue weighted by Gasteiger charge is -2.13. The zero-order valence-electron chi connectivity index (χ0n) is 12.5. The fraction of sp³-hybridized carbons (Fsp3) is 0.600. The van der Waals surface area contributed by atoms with Gasteiger partial charge >= 0.3 is 0 Å². The molecule has 118 valence electrons. The molecule has 1 fully saturated rings. The highest BCUT2D eigenvalue weighted by molar-refractivity contribution is 7.89. The van der Waals surface area contributed by atoms with E-state index >= 15 is 0 Å². The summed E-state index contributed by atoms with van der Waals surface area (Å²) in [5.41, 5.74) is 6.41. The standard InChI is InChI=1S/C15H24N2O3S/c1-20-14-10-13(11-16)6-7-15(14)21(18,19)17-9-8-12-4-2-3-5-12/h6-7,10,12,17H,2-5,8-9,11,16H2,1H3. The topological polar surface area (TPSA) is 81.4 Å². The van der Waals surface area contributed by atoms with Gasteiger partial charge in [0.1, 0.15) is 10.6 Å². The molecule has 21 heavy (non-hydrogen) atoms. The quantitative estimate of drug-likeness (QED) is 0.807. The number of nitrogens with two attached hydrogens (primary N) is 1. The van der Waals surface area contributed by atoms with Crippen molar-refractivity contribution in [2.24, 2.45) is 11.7 Å². The van der Waals surface area contributed by atoms with Gasteiger partial charge in [-0.25, -0.2) is 13.1 Å². The van der Waals surface area contributed by atoms with E-state index in [-0.39, 0.29) is 4.90 Å². The normalized spacial score (nSPS) is 16.3.